The topological polar surface area (TPSA) is 73.4 Å². The molecular formula is C31H27F3N4O3. The molecule has 210 valence electrons. The van der Waals surface area contributed by atoms with Gasteiger partial charge in [-0.25, -0.2) is 13.2 Å². The summed E-state index contributed by atoms with van der Waals surface area (Å²) in [5, 5.41) is 4.25. The average molecular weight is 561 g/mol. The third kappa shape index (κ3) is 5.11. The molecule has 0 aliphatic carbocycles. The lowest BCUT2D eigenvalue weighted by atomic mass is 9.84. The largest absolute Gasteiger partial charge is 0.378 e. The van der Waals surface area contributed by atoms with Crippen molar-refractivity contribution in [1.82, 2.24) is 14.7 Å². The molecule has 41 heavy (non-hydrogen) atoms. The van der Waals surface area contributed by atoms with Crippen molar-refractivity contribution in [2.24, 2.45) is 0 Å². The van der Waals surface area contributed by atoms with Gasteiger partial charge in [-0.2, -0.15) is 4.98 Å². The van der Waals surface area contributed by atoms with Crippen LogP contribution in [0.1, 0.15) is 30.9 Å². The maximum Gasteiger partial charge on any atom is 0.237 e. The van der Waals surface area contributed by atoms with Gasteiger partial charge < -0.3 is 18.7 Å². The lowest BCUT2D eigenvalue weighted by Gasteiger charge is -2.29. The van der Waals surface area contributed by atoms with Crippen molar-refractivity contribution in [3.05, 3.63) is 112 Å². The number of hydrogen-bond acceptors (Lipinski definition) is 6. The molecule has 10 heteroatoms. The summed E-state index contributed by atoms with van der Waals surface area (Å²) < 4.78 is 55.4. The van der Waals surface area contributed by atoms with Gasteiger partial charge in [0.2, 0.25) is 17.1 Å². The van der Waals surface area contributed by atoms with Gasteiger partial charge in [0.15, 0.2) is 0 Å². The highest BCUT2D eigenvalue weighted by atomic mass is 19.1. The number of fused-ring (bicyclic) bond motifs is 1. The number of ether oxygens (including phenoxy) is 1. The minimum absolute atomic E-state index is 0.0487. The second-order valence-corrected chi connectivity index (χ2v) is 10.6. The number of pyridine rings is 1. The van der Waals surface area contributed by atoms with Crippen LogP contribution < -0.4 is 10.3 Å². The normalized spacial score (nSPS) is 14.1. The first-order valence-electron chi connectivity index (χ1n) is 13.2. The van der Waals surface area contributed by atoms with Crippen LogP contribution in [0, 0.1) is 17.5 Å². The Morgan fingerprint density at radius 1 is 0.927 bits per heavy atom. The summed E-state index contributed by atoms with van der Waals surface area (Å²) in [6.45, 7) is 6.00. The fourth-order valence-corrected chi connectivity index (χ4v) is 5.10. The van der Waals surface area contributed by atoms with E-state index in [9.17, 15) is 13.6 Å². The number of halogens is 3. The second kappa shape index (κ2) is 10.5. The van der Waals surface area contributed by atoms with Gasteiger partial charge in [-0.05, 0) is 61.4 Å². The molecule has 3 aromatic carbocycles. The zero-order valence-corrected chi connectivity index (χ0v) is 22.5. The van der Waals surface area contributed by atoms with E-state index in [1.54, 1.807) is 36.5 Å². The summed E-state index contributed by atoms with van der Waals surface area (Å²) >= 11 is 0. The highest BCUT2D eigenvalue weighted by Gasteiger charge is 2.31. The van der Waals surface area contributed by atoms with Crippen LogP contribution in [0.25, 0.3) is 22.3 Å². The van der Waals surface area contributed by atoms with Crippen molar-refractivity contribution in [3.8, 4) is 11.4 Å². The van der Waals surface area contributed by atoms with Crippen LogP contribution in [-0.2, 0) is 16.7 Å². The number of hydrogen-bond donors (Lipinski definition) is 0. The van der Waals surface area contributed by atoms with Crippen molar-refractivity contribution >= 4 is 16.6 Å². The molecule has 1 saturated heterocycles. The summed E-state index contributed by atoms with van der Waals surface area (Å²) in [5.74, 6) is -0.963. The van der Waals surface area contributed by atoms with Gasteiger partial charge in [-0.15, -0.1) is 0 Å². The maximum absolute atomic E-state index is 15.4. The first-order chi connectivity index (χ1) is 19.7. The smallest absolute Gasteiger partial charge is 0.237 e. The van der Waals surface area contributed by atoms with Gasteiger partial charge in [-0.1, -0.05) is 29.4 Å². The van der Waals surface area contributed by atoms with E-state index < -0.39 is 16.7 Å². The van der Waals surface area contributed by atoms with Crippen LogP contribution in [-0.4, -0.2) is 41.0 Å². The Labute approximate surface area is 233 Å². The fraction of sp³-hybridized carbons (Fsp3) is 0.258. The highest BCUT2D eigenvalue weighted by molar-refractivity contribution is 5.86. The predicted molar refractivity (Wildman–Crippen MR) is 149 cm³/mol. The molecule has 5 aromatic rings. The highest BCUT2D eigenvalue weighted by Crippen LogP contribution is 2.32. The SMILES string of the molecule is CC(C)(c1ccc(F)cc1)c1nc(-c2cn(Cc3ccc(F)cc3)c3cc(N4CCOCC4)c(F)cc3c2=O)no1. The Balaban J connectivity index is 1.48. The van der Waals surface area contributed by atoms with E-state index in [4.69, 9.17) is 9.26 Å². The van der Waals surface area contributed by atoms with E-state index in [1.165, 1.54) is 30.3 Å². The number of nitrogens with zero attached hydrogens (tertiary/aromatic N) is 4. The zero-order valence-electron chi connectivity index (χ0n) is 22.5. The van der Waals surface area contributed by atoms with E-state index >= 15 is 4.39 Å². The summed E-state index contributed by atoms with van der Waals surface area (Å²) in [6.07, 6.45) is 1.62. The first kappa shape index (κ1) is 26.8. The van der Waals surface area contributed by atoms with E-state index in [1.807, 2.05) is 23.3 Å². The quantitative estimate of drug-likeness (QED) is 0.266. The van der Waals surface area contributed by atoms with Crippen LogP contribution in [0.2, 0.25) is 0 Å². The molecule has 0 N–H and O–H groups in total. The fourth-order valence-electron chi connectivity index (χ4n) is 5.10. The minimum atomic E-state index is -0.776. The second-order valence-electron chi connectivity index (χ2n) is 10.6. The van der Waals surface area contributed by atoms with Crippen molar-refractivity contribution in [2.75, 3.05) is 31.2 Å². The van der Waals surface area contributed by atoms with E-state index in [2.05, 4.69) is 10.1 Å². The molecule has 6 rings (SSSR count). The standard InChI is InChI=1S/C31H27F3N4O3/c1-31(2,20-5-9-22(33)10-6-20)30-35-29(36-41-30)24-18-38(17-19-3-7-21(32)8-4-19)26-16-27(37-11-13-40-14-12-37)25(34)15-23(26)28(24)39/h3-10,15-16,18H,11-14,17H2,1-2H3. The lowest BCUT2D eigenvalue weighted by Crippen LogP contribution is -2.36. The molecular weight excluding hydrogens is 533 g/mol. The molecule has 0 saturated carbocycles. The van der Waals surface area contributed by atoms with Crippen LogP contribution in [0.15, 0.2) is 76.2 Å². The van der Waals surface area contributed by atoms with E-state index in [-0.39, 0.29) is 40.8 Å². The van der Waals surface area contributed by atoms with Crippen LogP contribution in [0.3, 0.4) is 0 Å². The average Bonchev–Trinajstić information content (AvgIpc) is 3.47. The van der Waals surface area contributed by atoms with Gasteiger partial charge in [-0.3, -0.25) is 4.79 Å². The Morgan fingerprint density at radius 3 is 2.27 bits per heavy atom. The van der Waals surface area contributed by atoms with Crippen molar-refractivity contribution in [2.45, 2.75) is 25.8 Å². The molecule has 0 amide bonds. The summed E-state index contributed by atoms with van der Waals surface area (Å²) in [5.41, 5.74) is 1.33. The summed E-state index contributed by atoms with van der Waals surface area (Å²) in [7, 11) is 0. The molecule has 1 fully saturated rings. The summed E-state index contributed by atoms with van der Waals surface area (Å²) in [6, 6.07) is 14.9. The molecule has 3 heterocycles. The minimum Gasteiger partial charge on any atom is -0.378 e. The van der Waals surface area contributed by atoms with Crippen LogP contribution >= 0.6 is 0 Å². The monoisotopic (exact) mass is 560 g/mol. The Morgan fingerprint density at radius 2 is 1.59 bits per heavy atom. The number of aromatic nitrogens is 3. The molecule has 1 aliphatic rings. The van der Waals surface area contributed by atoms with Crippen molar-refractivity contribution in [1.29, 1.82) is 0 Å². The van der Waals surface area contributed by atoms with Gasteiger partial charge in [0.25, 0.3) is 0 Å². The van der Waals surface area contributed by atoms with Crippen molar-refractivity contribution < 1.29 is 22.4 Å². The molecule has 1 aliphatic heterocycles. The third-order valence-corrected chi connectivity index (χ3v) is 7.53. The van der Waals surface area contributed by atoms with Crippen LogP contribution in [0.5, 0.6) is 0 Å². The third-order valence-electron chi connectivity index (χ3n) is 7.53. The first-order valence-corrected chi connectivity index (χ1v) is 13.2. The molecule has 0 unspecified atom stereocenters. The lowest BCUT2D eigenvalue weighted by molar-refractivity contribution is 0.122. The Kier molecular flexibility index (Phi) is 6.86. The number of benzene rings is 3. The predicted octanol–water partition coefficient (Wildman–Crippen LogP) is 5.68. The zero-order chi connectivity index (χ0) is 28.7. The number of rotatable bonds is 6. The number of anilines is 1. The molecule has 2 aromatic heterocycles. The Hall–Kier alpha value is -4.44. The number of morpholine rings is 1. The maximum atomic E-state index is 15.4. The molecule has 0 atom stereocenters. The summed E-state index contributed by atoms with van der Waals surface area (Å²) in [4.78, 5) is 20.2. The Bertz CT molecular complexity index is 1770. The van der Waals surface area contributed by atoms with Crippen LogP contribution in [0.4, 0.5) is 18.9 Å². The molecule has 0 bridgehead atoms. The molecule has 7 nitrogen and oxygen atoms in total. The van der Waals surface area contributed by atoms with Gasteiger partial charge in [0.05, 0.1) is 35.4 Å². The van der Waals surface area contributed by atoms with Gasteiger partial charge >= 0.3 is 0 Å². The van der Waals surface area contributed by atoms with Gasteiger partial charge in [0, 0.05) is 31.2 Å². The molecule has 0 spiro atoms. The van der Waals surface area contributed by atoms with Gasteiger partial charge in [0.1, 0.15) is 17.5 Å². The van der Waals surface area contributed by atoms with E-state index in [0.717, 1.165) is 11.1 Å². The molecule has 0 radical (unpaired) electrons. The van der Waals surface area contributed by atoms with Crippen molar-refractivity contribution in [3.63, 3.8) is 0 Å². The van der Waals surface area contributed by atoms with E-state index in [0.29, 0.717) is 37.5 Å².